The third-order valence-corrected chi connectivity index (χ3v) is 4.22. The Kier molecular flexibility index (Phi) is 4.55. The van der Waals surface area contributed by atoms with Gasteiger partial charge in [0.15, 0.2) is 11.5 Å². The zero-order chi connectivity index (χ0) is 17.8. The van der Waals surface area contributed by atoms with Crippen LogP contribution in [0.25, 0.3) is 11.3 Å². The molecule has 0 aromatic carbocycles. The lowest BCUT2D eigenvalue weighted by atomic mass is 10.1. The molecule has 0 spiro atoms. The molecule has 0 aliphatic carbocycles. The number of nitrogens with one attached hydrogen (secondary N) is 1. The lowest BCUT2D eigenvalue weighted by Gasteiger charge is -2.26. The number of pyridine rings is 1. The summed E-state index contributed by atoms with van der Waals surface area (Å²) in [5.41, 5.74) is 1.46. The highest BCUT2D eigenvalue weighted by Crippen LogP contribution is 2.20. The van der Waals surface area contributed by atoms with E-state index >= 15 is 0 Å². The van der Waals surface area contributed by atoms with E-state index in [1.165, 1.54) is 6.42 Å². The molecular formula is C18H18N6O2. The van der Waals surface area contributed by atoms with E-state index in [1.807, 2.05) is 6.07 Å². The van der Waals surface area contributed by atoms with Crippen molar-refractivity contribution in [1.29, 1.82) is 0 Å². The van der Waals surface area contributed by atoms with E-state index in [0.29, 0.717) is 17.4 Å². The fourth-order valence-corrected chi connectivity index (χ4v) is 2.86. The summed E-state index contributed by atoms with van der Waals surface area (Å²) >= 11 is 0. The molecule has 1 fully saturated rings. The molecule has 26 heavy (non-hydrogen) atoms. The van der Waals surface area contributed by atoms with Gasteiger partial charge in [0.1, 0.15) is 0 Å². The highest BCUT2D eigenvalue weighted by atomic mass is 16.5. The highest BCUT2D eigenvalue weighted by molar-refractivity contribution is 6.03. The van der Waals surface area contributed by atoms with Crippen molar-refractivity contribution in [2.75, 3.05) is 23.3 Å². The molecule has 4 rings (SSSR count). The molecule has 3 aromatic heterocycles. The summed E-state index contributed by atoms with van der Waals surface area (Å²) in [6.07, 6.45) is 10.1. The minimum absolute atomic E-state index is 0.184. The summed E-state index contributed by atoms with van der Waals surface area (Å²) in [4.78, 5) is 27.2. The maximum absolute atomic E-state index is 12.3. The van der Waals surface area contributed by atoms with Crippen molar-refractivity contribution in [3.8, 4) is 11.3 Å². The first kappa shape index (κ1) is 16.2. The lowest BCUT2D eigenvalue weighted by Crippen LogP contribution is -2.30. The van der Waals surface area contributed by atoms with Crippen molar-refractivity contribution in [3.63, 3.8) is 0 Å². The van der Waals surface area contributed by atoms with Crippen LogP contribution in [0.2, 0.25) is 0 Å². The molecule has 0 atom stereocenters. The van der Waals surface area contributed by atoms with Crippen LogP contribution in [0.3, 0.4) is 0 Å². The van der Waals surface area contributed by atoms with Gasteiger partial charge in [-0.1, -0.05) is 5.16 Å². The Hall–Kier alpha value is -3.29. The molecular weight excluding hydrogens is 332 g/mol. The smallest absolute Gasteiger partial charge is 0.277 e. The summed E-state index contributed by atoms with van der Waals surface area (Å²) in [6, 6.07) is 5.20. The normalized spacial score (nSPS) is 14.2. The van der Waals surface area contributed by atoms with Gasteiger partial charge in [-0.25, -0.2) is 9.97 Å². The molecule has 1 amide bonds. The molecule has 1 N–H and O–H groups in total. The fraction of sp³-hybridized carbons (Fsp3) is 0.278. The summed E-state index contributed by atoms with van der Waals surface area (Å²) in [5.74, 6) is 0.807. The number of piperidine rings is 1. The van der Waals surface area contributed by atoms with Gasteiger partial charge in [0.05, 0.1) is 18.1 Å². The van der Waals surface area contributed by atoms with Gasteiger partial charge in [-0.2, -0.15) is 0 Å². The number of anilines is 2. The zero-order valence-corrected chi connectivity index (χ0v) is 14.1. The van der Waals surface area contributed by atoms with Gasteiger partial charge in [-0.05, 0) is 31.4 Å². The molecule has 0 radical (unpaired) electrons. The van der Waals surface area contributed by atoms with Gasteiger partial charge >= 0.3 is 0 Å². The van der Waals surface area contributed by atoms with Crippen LogP contribution in [-0.2, 0) is 0 Å². The largest absolute Gasteiger partial charge is 0.355 e. The Morgan fingerprint density at radius 1 is 1.12 bits per heavy atom. The first-order valence-corrected chi connectivity index (χ1v) is 8.55. The number of carbonyl (C=O) groups is 1. The Bertz CT molecular complexity index is 872. The predicted molar refractivity (Wildman–Crippen MR) is 95.8 cm³/mol. The second kappa shape index (κ2) is 7.30. The quantitative estimate of drug-likeness (QED) is 0.772. The van der Waals surface area contributed by atoms with Crippen LogP contribution < -0.4 is 10.2 Å². The van der Waals surface area contributed by atoms with Crippen molar-refractivity contribution in [1.82, 2.24) is 20.1 Å². The molecule has 132 valence electrons. The average molecular weight is 350 g/mol. The third kappa shape index (κ3) is 3.53. The SMILES string of the molecule is O=C(Nc1cnc(N2CCCCC2)nc1)c1cc(-c2cccnc2)on1. The molecule has 1 aliphatic rings. The van der Waals surface area contributed by atoms with Gasteiger partial charge in [0.25, 0.3) is 5.91 Å². The van der Waals surface area contributed by atoms with E-state index in [9.17, 15) is 4.79 Å². The van der Waals surface area contributed by atoms with Crippen molar-refractivity contribution in [2.24, 2.45) is 0 Å². The number of aromatic nitrogens is 4. The van der Waals surface area contributed by atoms with E-state index in [-0.39, 0.29) is 11.6 Å². The van der Waals surface area contributed by atoms with Crippen LogP contribution >= 0.6 is 0 Å². The van der Waals surface area contributed by atoms with E-state index in [0.717, 1.165) is 31.5 Å². The van der Waals surface area contributed by atoms with Gasteiger partial charge in [0.2, 0.25) is 5.95 Å². The fourth-order valence-electron chi connectivity index (χ4n) is 2.86. The Balaban J connectivity index is 1.42. The Morgan fingerprint density at radius 2 is 1.92 bits per heavy atom. The van der Waals surface area contributed by atoms with Gasteiger partial charge in [-0.3, -0.25) is 9.78 Å². The van der Waals surface area contributed by atoms with Crippen LogP contribution in [0.1, 0.15) is 29.8 Å². The number of rotatable bonds is 4. The van der Waals surface area contributed by atoms with Crippen molar-refractivity contribution in [3.05, 3.63) is 48.7 Å². The van der Waals surface area contributed by atoms with Crippen molar-refractivity contribution >= 4 is 17.5 Å². The van der Waals surface area contributed by atoms with Gasteiger partial charge in [0, 0.05) is 37.1 Å². The Labute approximate surface area is 150 Å². The number of hydrogen-bond donors (Lipinski definition) is 1. The monoisotopic (exact) mass is 350 g/mol. The van der Waals surface area contributed by atoms with Crippen molar-refractivity contribution in [2.45, 2.75) is 19.3 Å². The van der Waals surface area contributed by atoms with Gasteiger partial charge in [-0.15, -0.1) is 0 Å². The molecule has 4 heterocycles. The first-order chi connectivity index (χ1) is 12.8. The van der Waals surface area contributed by atoms with E-state index in [2.05, 4.69) is 30.3 Å². The molecule has 3 aromatic rings. The number of nitrogens with zero attached hydrogens (tertiary/aromatic N) is 5. The number of carbonyl (C=O) groups excluding carboxylic acids is 1. The minimum atomic E-state index is -0.377. The molecule has 8 heteroatoms. The van der Waals surface area contributed by atoms with Crippen LogP contribution in [-0.4, -0.2) is 39.1 Å². The number of amides is 1. The Morgan fingerprint density at radius 3 is 2.65 bits per heavy atom. The highest BCUT2D eigenvalue weighted by Gasteiger charge is 2.16. The predicted octanol–water partition coefficient (Wildman–Crippen LogP) is 2.77. The standard InChI is InChI=1S/C18H18N6O2/c25-17(15-9-16(26-23-15)13-5-4-6-19-10-13)22-14-11-20-18(21-12-14)24-7-2-1-3-8-24/h4-6,9-12H,1-3,7-8H2,(H,22,25). The molecule has 8 nitrogen and oxygen atoms in total. The number of hydrogen-bond acceptors (Lipinski definition) is 7. The maximum Gasteiger partial charge on any atom is 0.277 e. The van der Waals surface area contributed by atoms with Crippen LogP contribution in [0.15, 0.2) is 47.5 Å². The van der Waals surface area contributed by atoms with E-state index in [1.54, 1.807) is 36.9 Å². The van der Waals surface area contributed by atoms with Crippen LogP contribution in [0.4, 0.5) is 11.6 Å². The zero-order valence-electron chi connectivity index (χ0n) is 14.1. The molecule has 0 unspecified atom stereocenters. The first-order valence-electron chi connectivity index (χ1n) is 8.55. The topological polar surface area (TPSA) is 97.0 Å². The molecule has 0 saturated carbocycles. The molecule has 1 saturated heterocycles. The molecule has 0 bridgehead atoms. The maximum atomic E-state index is 12.3. The molecule has 1 aliphatic heterocycles. The summed E-state index contributed by atoms with van der Waals surface area (Å²) in [6.45, 7) is 1.95. The summed E-state index contributed by atoms with van der Waals surface area (Å²) in [5, 5.41) is 6.55. The van der Waals surface area contributed by atoms with E-state index in [4.69, 9.17) is 4.52 Å². The van der Waals surface area contributed by atoms with Gasteiger partial charge < -0.3 is 14.7 Å². The van der Waals surface area contributed by atoms with E-state index < -0.39 is 0 Å². The second-order valence-electron chi connectivity index (χ2n) is 6.09. The van der Waals surface area contributed by atoms with Crippen LogP contribution in [0, 0.1) is 0 Å². The summed E-state index contributed by atoms with van der Waals surface area (Å²) in [7, 11) is 0. The van der Waals surface area contributed by atoms with Crippen LogP contribution in [0.5, 0.6) is 0 Å². The lowest BCUT2D eigenvalue weighted by molar-refractivity contribution is 0.101. The minimum Gasteiger partial charge on any atom is -0.355 e. The average Bonchev–Trinajstić information content (AvgIpc) is 3.20. The van der Waals surface area contributed by atoms with Crippen molar-refractivity contribution < 1.29 is 9.32 Å². The summed E-state index contributed by atoms with van der Waals surface area (Å²) < 4.78 is 5.22. The third-order valence-electron chi connectivity index (χ3n) is 4.22. The second-order valence-corrected chi connectivity index (χ2v) is 6.09.